The van der Waals surface area contributed by atoms with E-state index in [2.05, 4.69) is 0 Å². The normalized spacial score (nSPS) is 30.2. The number of likely N-dealkylation sites (tertiary alicyclic amines) is 1. The molecule has 9 heteroatoms. The topological polar surface area (TPSA) is 66.8 Å². The first-order chi connectivity index (χ1) is 13.2. The summed E-state index contributed by atoms with van der Waals surface area (Å²) >= 11 is 6.12. The molecule has 0 aromatic heterocycles. The lowest BCUT2D eigenvalue weighted by atomic mass is 10.0. The summed E-state index contributed by atoms with van der Waals surface area (Å²) in [5.74, 6) is -6.40. The zero-order chi connectivity index (χ0) is 20.2. The van der Waals surface area contributed by atoms with Crippen molar-refractivity contribution < 1.29 is 32.6 Å². The van der Waals surface area contributed by atoms with E-state index < -0.39 is 41.5 Å². The van der Waals surface area contributed by atoms with Crippen molar-refractivity contribution in [2.75, 3.05) is 13.2 Å². The van der Waals surface area contributed by atoms with Gasteiger partial charge in [-0.3, -0.25) is 4.79 Å². The van der Waals surface area contributed by atoms with E-state index in [4.69, 9.17) is 16.3 Å². The van der Waals surface area contributed by atoms with Gasteiger partial charge in [0.2, 0.25) is 0 Å². The van der Waals surface area contributed by atoms with Crippen LogP contribution in [0.4, 0.5) is 13.2 Å². The average Bonchev–Trinajstić information content (AvgIpc) is 3.11. The maximum Gasteiger partial charge on any atom is 0.326 e. The molecule has 0 spiro atoms. The molecule has 1 aliphatic heterocycles. The molecular weight excluding hydrogens is 399 g/mol. The first kappa shape index (κ1) is 19.4. The number of carboxylic acid groups (broad SMARTS) is 1. The standard InChI is InChI=1S/C19H19ClF3NO4/c20-13-6-10(17(25)24-3-1-2-15(24)18(26)27)14(21)7-16(13)28-8-9-4-11-12(5-9)19(11,22)23/h6-7,9,11-12,15H,1-5,8H2,(H,26,27)/t9-,11-,12+,15-/m0/s1. The Bertz CT molecular complexity index is 820. The number of carbonyl (C=O) groups is 2. The summed E-state index contributed by atoms with van der Waals surface area (Å²) in [5.41, 5.74) is -0.313. The van der Waals surface area contributed by atoms with Crippen LogP contribution in [0.25, 0.3) is 0 Å². The predicted octanol–water partition coefficient (Wildman–Crippen LogP) is 3.84. The molecule has 1 aromatic rings. The molecule has 3 fully saturated rings. The maximum atomic E-state index is 14.5. The lowest BCUT2D eigenvalue weighted by Crippen LogP contribution is -2.40. The highest BCUT2D eigenvalue weighted by molar-refractivity contribution is 6.32. The van der Waals surface area contributed by atoms with Gasteiger partial charge in [0.15, 0.2) is 0 Å². The molecular formula is C19H19ClF3NO4. The minimum absolute atomic E-state index is 0.0179. The number of fused-ring (bicyclic) bond motifs is 1. The van der Waals surface area contributed by atoms with Gasteiger partial charge in [0.05, 0.1) is 17.2 Å². The van der Waals surface area contributed by atoms with Crippen LogP contribution in [0.1, 0.15) is 36.0 Å². The van der Waals surface area contributed by atoms with Gasteiger partial charge in [-0.15, -0.1) is 0 Å². The summed E-state index contributed by atoms with van der Waals surface area (Å²) in [4.78, 5) is 24.9. The van der Waals surface area contributed by atoms with Gasteiger partial charge in [-0.2, -0.15) is 0 Å². The number of alkyl halides is 2. The molecule has 3 aliphatic rings. The van der Waals surface area contributed by atoms with E-state index in [-0.39, 0.29) is 35.4 Å². The van der Waals surface area contributed by atoms with E-state index in [0.29, 0.717) is 25.7 Å². The van der Waals surface area contributed by atoms with Crippen LogP contribution in [0.3, 0.4) is 0 Å². The van der Waals surface area contributed by atoms with Gasteiger partial charge in [-0.1, -0.05) is 11.6 Å². The molecule has 1 N–H and O–H groups in total. The van der Waals surface area contributed by atoms with E-state index in [0.717, 1.165) is 17.0 Å². The summed E-state index contributed by atoms with van der Waals surface area (Å²) < 4.78 is 46.5. The van der Waals surface area contributed by atoms with Crippen LogP contribution in [0.5, 0.6) is 5.75 Å². The molecule has 1 heterocycles. The summed E-state index contributed by atoms with van der Waals surface area (Å²) in [6.07, 6.45) is 1.60. The van der Waals surface area contributed by atoms with Crippen LogP contribution < -0.4 is 4.74 Å². The molecule has 1 amide bonds. The second kappa shape index (κ2) is 6.83. The summed E-state index contributed by atoms with van der Waals surface area (Å²) in [6.45, 7) is 0.391. The van der Waals surface area contributed by atoms with E-state index in [9.17, 15) is 27.9 Å². The Labute approximate surface area is 164 Å². The molecule has 28 heavy (non-hydrogen) atoms. The van der Waals surface area contributed by atoms with E-state index in [1.54, 1.807) is 0 Å². The molecule has 0 unspecified atom stereocenters. The number of aliphatic carboxylic acids is 1. The van der Waals surface area contributed by atoms with Crippen LogP contribution in [0, 0.1) is 23.6 Å². The molecule has 5 nitrogen and oxygen atoms in total. The monoisotopic (exact) mass is 417 g/mol. The molecule has 152 valence electrons. The maximum absolute atomic E-state index is 14.5. The van der Waals surface area contributed by atoms with Crippen LogP contribution >= 0.6 is 11.6 Å². The Morgan fingerprint density at radius 3 is 2.61 bits per heavy atom. The molecule has 0 bridgehead atoms. The molecule has 1 aromatic carbocycles. The Balaban J connectivity index is 1.42. The fourth-order valence-corrected chi connectivity index (χ4v) is 4.70. The largest absolute Gasteiger partial charge is 0.492 e. The SMILES string of the molecule is O=C(O)[C@@H]1CCCN1C(=O)c1cc(Cl)c(OC[C@@H]2C[C@@H]3[C@H](C2)C3(F)F)cc1F. The summed E-state index contributed by atoms with van der Waals surface area (Å²) in [6, 6.07) is 1.14. The summed E-state index contributed by atoms with van der Waals surface area (Å²) in [7, 11) is 0. The Kier molecular flexibility index (Phi) is 4.72. The molecule has 4 atom stereocenters. The Hall–Kier alpha value is -1.96. The lowest BCUT2D eigenvalue weighted by Gasteiger charge is -2.22. The average molecular weight is 418 g/mol. The van der Waals surface area contributed by atoms with Crippen molar-refractivity contribution in [1.82, 2.24) is 4.90 Å². The zero-order valence-electron chi connectivity index (χ0n) is 14.8. The number of rotatable bonds is 5. The van der Waals surface area contributed by atoms with Crippen LogP contribution in [-0.4, -0.2) is 47.0 Å². The highest BCUT2D eigenvalue weighted by atomic mass is 35.5. The molecule has 1 saturated heterocycles. The lowest BCUT2D eigenvalue weighted by molar-refractivity contribution is -0.141. The first-order valence-corrected chi connectivity index (χ1v) is 9.61. The number of halogens is 4. The first-order valence-electron chi connectivity index (χ1n) is 9.23. The number of amides is 1. The fourth-order valence-electron chi connectivity index (χ4n) is 4.49. The van der Waals surface area contributed by atoms with Crippen molar-refractivity contribution >= 4 is 23.5 Å². The van der Waals surface area contributed by atoms with Crippen molar-refractivity contribution in [3.63, 3.8) is 0 Å². The number of carboxylic acids is 1. The minimum atomic E-state index is -2.55. The second-order valence-corrected chi connectivity index (χ2v) is 8.20. The molecule has 4 rings (SSSR count). The third-order valence-electron chi connectivity index (χ3n) is 6.07. The predicted molar refractivity (Wildman–Crippen MR) is 93.3 cm³/mol. The number of benzene rings is 1. The third kappa shape index (κ3) is 3.21. The number of hydrogen-bond donors (Lipinski definition) is 1. The second-order valence-electron chi connectivity index (χ2n) is 7.79. The smallest absolute Gasteiger partial charge is 0.326 e. The fraction of sp³-hybridized carbons (Fsp3) is 0.579. The zero-order valence-corrected chi connectivity index (χ0v) is 15.6. The van der Waals surface area contributed by atoms with Gasteiger partial charge >= 0.3 is 5.97 Å². The van der Waals surface area contributed by atoms with Gasteiger partial charge in [-0.25, -0.2) is 18.0 Å². The summed E-state index contributed by atoms with van der Waals surface area (Å²) in [5, 5.41) is 9.21. The highest BCUT2D eigenvalue weighted by Gasteiger charge is 2.71. The van der Waals surface area contributed by atoms with Crippen LogP contribution in [0.15, 0.2) is 12.1 Å². The number of ether oxygens (including phenoxy) is 1. The number of hydrogen-bond acceptors (Lipinski definition) is 3. The third-order valence-corrected chi connectivity index (χ3v) is 6.36. The molecule has 2 aliphatic carbocycles. The van der Waals surface area contributed by atoms with E-state index in [1.165, 1.54) is 0 Å². The number of nitrogens with zero attached hydrogens (tertiary/aromatic N) is 1. The van der Waals surface area contributed by atoms with Gasteiger partial charge in [0, 0.05) is 24.4 Å². The van der Waals surface area contributed by atoms with Crippen LogP contribution in [0.2, 0.25) is 5.02 Å². The minimum Gasteiger partial charge on any atom is -0.492 e. The molecule has 2 saturated carbocycles. The van der Waals surface area contributed by atoms with Gasteiger partial charge in [-0.05, 0) is 37.7 Å². The number of carbonyl (C=O) groups excluding carboxylic acids is 1. The van der Waals surface area contributed by atoms with Crippen molar-refractivity contribution in [2.45, 2.75) is 37.6 Å². The van der Waals surface area contributed by atoms with E-state index >= 15 is 0 Å². The Morgan fingerprint density at radius 1 is 1.29 bits per heavy atom. The van der Waals surface area contributed by atoms with Crippen LogP contribution in [-0.2, 0) is 4.79 Å². The van der Waals surface area contributed by atoms with Crippen molar-refractivity contribution in [2.24, 2.45) is 17.8 Å². The van der Waals surface area contributed by atoms with Gasteiger partial charge < -0.3 is 14.7 Å². The van der Waals surface area contributed by atoms with E-state index in [1.807, 2.05) is 0 Å². The highest BCUT2D eigenvalue weighted by Crippen LogP contribution is 2.65. The molecule has 0 radical (unpaired) electrons. The van der Waals surface area contributed by atoms with Gasteiger partial charge in [0.25, 0.3) is 11.8 Å². The van der Waals surface area contributed by atoms with Crippen molar-refractivity contribution in [1.29, 1.82) is 0 Å². The Morgan fingerprint density at radius 2 is 1.96 bits per heavy atom. The van der Waals surface area contributed by atoms with Gasteiger partial charge in [0.1, 0.15) is 17.6 Å². The quantitative estimate of drug-likeness (QED) is 0.790. The van der Waals surface area contributed by atoms with Crippen molar-refractivity contribution in [3.05, 3.63) is 28.5 Å². The van der Waals surface area contributed by atoms with Crippen molar-refractivity contribution in [3.8, 4) is 5.75 Å².